The van der Waals surface area contributed by atoms with Gasteiger partial charge in [-0.05, 0) is 43.5 Å². The minimum atomic E-state index is -0.389. The van der Waals surface area contributed by atoms with Crippen molar-refractivity contribution in [3.05, 3.63) is 35.1 Å². The molecule has 0 aliphatic heterocycles. The number of hydrogen-bond acceptors (Lipinski definition) is 2. The predicted molar refractivity (Wildman–Crippen MR) is 56.2 cm³/mol. The Morgan fingerprint density at radius 3 is 2.60 bits per heavy atom. The molecular formula is C12H14FNO. The summed E-state index contributed by atoms with van der Waals surface area (Å²) in [5, 5.41) is 0. The third kappa shape index (κ3) is 1.79. The quantitative estimate of drug-likeness (QED) is 0.771. The summed E-state index contributed by atoms with van der Waals surface area (Å²) in [6.45, 7) is 2.14. The number of ketones is 1. The Hall–Kier alpha value is -1.22. The highest BCUT2D eigenvalue weighted by Crippen LogP contribution is 2.47. The van der Waals surface area contributed by atoms with Crippen LogP contribution in [0.3, 0.4) is 0 Å². The van der Waals surface area contributed by atoms with E-state index in [1.165, 1.54) is 12.1 Å². The van der Waals surface area contributed by atoms with E-state index in [1.807, 2.05) is 0 Å². The summed E-state index contributed by atoms with van der Waals surface area (Å²) in [6.07, 6.45) is 1.66. The highest BCUT2D eigenvalue weighted by atomic mass is 19.1. The van der Waals surface area contributed by atoms with Crippen molar-refractivity contribution in [1.29, 1.82) is 0 Å². The van der Waals surface area contributed by atoms with Crippen LogP contribution < -0.4 is 5.73 Å². The Kier molecular flexibility index (Phi) is 2.35. The summed E-state index contributed by atoms with van der Waals surface area (Å²) in [6, 6.07) is 4.44. The van der Waals surface area contributed by atoms with Crippen molar-refractivity contribution in [3.63, 3.8) is 0 Å². The van der Waals surface area contributed by atoms with Crippen molar-refractivity contribution < 1.29 is 9.18 Å². The first-order chi connectivity index (χ1) is 7.07. The first-order valence-corrected chi connectivity index (χ1v) is 5.09. The Labute approximate surface area is 88.3 Å². The molecule has 0 unspecified atom stereocenters. The van der Waals surface area contributed by atoms with Crippen LogP contribution in [0.4, 0.5) is 4.39 Å². The minimum absolute atomic E-state index is 0.00685. The third-order valence-electron chi connectivity index (χ3n) is 3.03. The molecule has 0 aromatic heterocycles. The average Bonchev–Trinajstić information content (AvgIpc) is 2.95. The van der Waals surface area contributed by atoms with Crippen LogP contribution in [0, 0.1) is 18.2 Å². The molecule has 0 saturated heterocycles. The molecule has 2 rings (SSSR count). The lowest BCUT2D eigenvalue weighted by molar-refractivity contribution is 0.0905. The average molecular weight is 207 g/mol. The predicted octanol–water partition coefficient (Wildman–Crippen LogP) is 2.06. The fourth-order valence-electron chi connectivity index (χ4n) is 1.85. The molecular weight excluding hydrogens is 193 g/mol. The number of hydrogen-bond donors (Lipinski definition) is 1. The van der Waals surface area contributed by atoms with E-state index < -0.39 is 0 Å². The number of nitrogens with two attached hydrogens (primary N) is 1. The van der Waals surface area contributed by atoms with Gasteiger partial charge in [0.15, 0.2) is 5.78 Å². The molecule has 0 spiro atoms. The lowest BCUT2D eigenvalue weighted by atomic mass is 9.94. The van der Waals surface area contributed by atoms with Crippen molar-refractivity contribution in [3.8, 4) is 0 Å². The molecule has 1 saturated carbocycles. The van der Waals surface area contributed by atoms with Crippen LogP contribution in [0.2, 0.25) is 0 Å². The fraction of sp³-hybridized carbons (Fsp3) is 0.417. The number of carbonyl (C=O) groups excluding carboxylic acids is 1. The molecule has 1 fully saturated rings. The van der Waals surface area contributed by atoms with Gasteiger partial charge in [-0.3, -0.25) is 4.79 Å². The second-order valence-electron chi connectivity index (χ2n) is 4.33. The van der Waals surface area contributed by atoms with Crippen LogP contribution in [-0.2, 0) is 0 Å². The number of halogens is 1. The van der Waals surface area contributed by atoms with Crippen molar-refractivity contribution in [2.45, 2.75) is 19.8 Å². The van der Waals surface area contributed by atoms with Gasteiger partial charge in [-0.25, -0.2) is 4.39 Å². The topological polar surface area (TPSA) is 43.1 Å². The second-order valence-corrected chi connectivity index (χ2v) is 4.33. The second kappa shape index (κ2) is 3.42. The Morgan fingerprint density at radius 2 is 2.13 bits per heavy atom. The number of rotatable bonds is 3. The highest BCUT2D eigenvalue weighted by molar-refractivity contribution is 6.02. The molecule has 0 atom stereocenters. The summed E-state index contributed by atoms with van der Waals surface area (Å²) < 4.78 is 13.1. The first-order valence-electron chi connectivity index (χ1n) is 5.09. The van der Waals surface area contributed by atoms with Crippen LogP contribution in [-0.4, -0.2) is 12.3 Å². The van der Waals surface area contributed by atoms with Gasteiger partial charge in [-0.15, -0.1) is 0 Å². The Morgan fingerprint density at radius 1 is 1.47 bits per heavy atom. The zero-order chi connectivity index (χ0) is 11.1. The molecule has 80 valence electrons. The zero-order valence-corrected chi connectivity index (χ0v) is 8.72. The smallest absolute Gasteiger partial charge is 0.170 e. The molecule has 15 heavy (non-hydrogen) atoms. The van der Waals surface area contributed by atoms with Gasteiger partial charge < -0.3 is 5.73 Å². The molecule has 1 aliphatic rings. The van der Waals surface area contributed by atoms with Crippen LogP contribution in [0.5, 0.6) is 0 Å². The lowest BCUT2D eigenvalue weighted by Crippen LogP contribution is -2.25. The molecule has 2 N–H and O–H groups in total. The van der Waals surface area contributed by atoms with E-state index in [9.17, 15) is 9.18 Å². The summed E-state index contributed by atoms with van der Waals surface area (Å²) in [5.41, 5.74) is 6.40. The molecule has 1 aromatic rings. The summed E-state index contributed by atoms with van der Waals surface area (Å²) in [5.74, 6) is -0.362. The molecule has 0 heterocycles. The molecule has 2 nitrogen and oxygen atoms in total. The Balaban J connectivity index is 2.34. The van der Waals surface area contributed by atoms with Gasteiger partial charge in [-0.2, -0.15) is 0 Å². The van der Waals surface area contributed by atoms with Crippen molar-refractivity contribution in [2.24, 2.45) is 11.1 Å². The number of benzene rings is 1. The third-order valence-corrected chi connectivity index (χ3v) is 3.03. The maximum absolute atomic E-state index is 13.1. The first kappa shape index (κ1) is 10.3. The van der Waals surface area contributed by atoms with E-state index in [0.29, 0.717) is 12.1 Å². The maximum atomic E-state index is 13.1. The summed E-state index contributed by atoms with van der Waals surface area (Å²) in [7, 11) is 0. The van der Waals surface area contributed by atoms with Crippen LogP contribution in [0.1, 0.15) is 28.8 Å². The molecule has 1 aromatic carbocycles. The fourth-order valence-corrected chi connectivity index (χ4v) is 1.85. The van der Waals surface area contributed by atoms with E-state index in [-0.39, 0.29) is 17.0 Å². The standard InChI is InChI=1S/C12H14FNO/c1-8-4-9(6-10(13)5-8)11(15)12(7-14)2-3-12/h4-6H,2-3,7,14H2,1H3. The largest absolute Gasteiger partial charge is 0.329 e. The van der Waals surface area contributed by atoms with Crippen molar-refractivity contribution >= 4 is 5.78 Å². The summed E-state index contributed by atoms with van der Waals surface area (Å²) in [4.78, 5) is 12.0. The molecule has 0 radical (unpaired) electrons. The van der Waals surface area contributed by atoms with E-state index in [1.54, 1.807) is 13.0 Å². The molecule has 0 amide bonds. The van der Waals surface area contributed by atoms with E-state index >= 15 is 0 Å². The van der Waals surface area contributed by atoms with Gasteiger partial charge in [0, 0.05) is 17.5 Å². The SMILES string of the molecule is Cc1cc(F)cc(C(=O)C2(CN)CC2)c1. The number of aryl methyl sites for hydroxylation is 1. The van der Waals surface area contributed by atoms with Gasteiger partial charge in [0.1, 0.15) is 5.82 Å². The van der Waals surface area contributed by atoms with Crippen LogP contribution in [0.15, 0.2) is 18.2 Å². The Bertz CT molecular complexity index is 390. The van der Waals surface area contributed by atoms with Crippen LogP contribution >= 0.6 is 0 Å². The minimum Gasteiger partial charge on any atom is -0.329 e. The van der Waals surface area contributed by atoms with Crippen LogP contribution in [0.25, 0.3) is 0 Å². The zero-order valence-electron chi connectivity index (χ0n) is 8.72. The van der Waals surface area contributed by atoms with E-state index in [2.05, 4.69) is 0 Å². The van der Waals surface area contributed by atoms with Gasteiger partial charge in [0.25, 0.3) is 0 Å². The van der Waals surface area contributed by atoms with E-state index in [0.717, 1.165) is 18.4 Å². The van der Waals surface area contributed by atoms with E-state index in [4.69, 9.17) is 5.73 Å². The van der Waals surface area contributed by atoms with Gasteiger partial charge in [-0.1, -0.05) is 0 Å². The number of carbonyl (C=O) groups is 1. The monoisotopic (exact) mass is 207 g/mol. The van der Waals surface area contributed by atoms with Gasteiger partial charge >= 0.3 is 0 Å². The normalized spacial score (nSPS) is 17.5. The molecule has 3 heteroatoms. The number of Topliss-reactive ketones (excluding diaryl/α,β-unsaturated/α-hetero) is 1. The highest BCUT2D eigenvalue weighted by Gasteiger charge is 2.48. The van der Waals surface area contributed by atoms with Crippen molar-refractivity contribution in [1.82, 2.24) is 0 Å². The van der Waals surface area contributed by atoms with Crippen molar-refractivity contribution in [2.75, 3.05) is 6.54 Å². The maximum Gasteiger partial charge on any atom is 0.170 e. The lowest BCUT2D eigenvalue weighted by Gasteiger charge is -2.11. The van der Waals surface area contributed by atoms with Gasteiger partial charge in [0.05, 0.1) is 0 Å². The summed E-state index contributed by atoms with van der Waals surface area (Å²) >= 11 is 0. The molecule has 1 aliphatic carbocycles. The molecule has 0 bridgehead atoms. The van der Waals surface area contributed by atoms with Gasteiger partial charge in [0.2, 0.25) is 0 Å².